The lowest BCUT2D eigenvalue weighted by atomic mass is 10.1. The maximum Gasteiger partial charge on any atom is 0.255 e. The average Bonchev–Trinajstić information content (AvgIpc) is 3.24. The zero-order valence-corrected chi connectivity index (χ0v) is 15.0. The number of nitrogens with one attached hydrogen (secondary N) is 1. The summed E-state index contributed by atoms with van der Waals surface area (Å²) >= 11 is 2.80. The number of aryl methyl sites for hydroxylation is 1. The highest BCUT2D eigenvalue weighted by Gasteiger charge is 2.24. The van der Waals surface area contributed by atoms with Crippen LogP contribution in [0.15, 0.2) is 53.0 Å². The fourth-order valence-corrected chi connectivity index (χ4v) is 4.14. The Balaban J connectivity index is 1.83. The molecule has 0 saturated heterocycles. The van der Waals surface area contributed by atoms with Crippen LogP contribution in [0.5, 0.6) is 0 Å². The van der Waals surface area contributed by atoms with Gasteiger partial charge < -0.3 is 0 Å². The predicted molar refractivity (Wildman–Crippen MR) is 98.6 cm³/mol. The minimum atomic E-state index is -0.574. The number of anilines is 1. The van der Waals surface area contributed by atoms with Crippen LogP contribution in [0, 0.1) is 18.3 Å². The molecule has 2 heterocycles. The van der Waals surface area contributed by atoms with E-state index in [1.807, 2.05) is 37.3 Å². The molecule has 1 aromatic carbocycles. The molecule has 0 radical (unpaired) electrons. The van der Waals surface area contributed by atoms with Crippen molar-refractivity contribution in [3.8, 4) is 6.07 Å². The third-order valence-electron chi connectivity index (χ3n) is 3.41. The normalized spacial score (nSPS) is 11.7. The molecule has 0 spiro atoms. The van der Waals surface area contributed by atoms with Crippen molar-refractivity contribution >= 4 is 34.1 Å². The molecule has 0 aliphatic rings. The number of nitriles is 1. The first kappa shape index (κ1) is 17.2. The molecule has 0 saturated carbocycles. The number of nitrogens with zero attached hydrogens (tertiary/aromatic N) is 4. The number of carbonyl (C=O) groups is 1. The molecule has 0 unspecified atom stereocenters. The van der Waals surface area contributed by atoms with E-state index in [0.717, 1.165) is 15.5 Å². The van der Waals surface area contributed by atoms with Gasteiger partial charge in [-0.1, -0.05) is 53.4 Å². The van der Waals surface area contributed by atoms with E-state index in [2.05, 4.69) is 21.5 Å². The van der Waals surface area contributed by atoms with E-state index in [1.165, 1.54) is 23.1 Å². The smallest absolute Gasteiger partial charge is 0.255 e. The third kappa shape index (κ3) is 4.07. The Labute approximate surface area is 153 Å². The van der Waals surface area contributed by atoms with Gasteiger partial charge in [0.2, 0.25) is 0 Å². The van der Waals surface area contributed by atoms with Gasteiger partial charge in [-0.2, -0.15) is 10.4 Å². The van der Waals surface area contributed by atoms with Gasteiger partial charge in [0.25, 0.3) is 5.91 Å². The Bertz CT molecular complexity index is 884. The first-order valence-corrected chi connectivity index (χ1v) is 9.31. The van der Waals surface area contributed by atoms with E-state index in [9.17, 15) is 4.79 Å². The van der Waals surface area contributed by atoms with Gasteiger partial charge >= 0.3 is 0 Å². The van der Waals surface area contributed by atoms with E-state index in [-0.39, 0.29) is 5.91 Å². The fraction of sp³-hybridized carbons (Fsp3) is 0.176. The largest absolute Gasteiger partial charge is 0.300 e. The highest BCUT2D eigenvalue weighted by molar-refractivity contribution is 8.01. The van der Waals surface area contributed by atoms with Gasteiger partial charge in [-0.15, -0.1) is 0 Å². The number of thioether (sulfide) groups is 1. The van der Waals surface area contributed by atoms with E-state index >= 15 is 0 Å². The first-order chi connectivity index (χ1) is 12.2. The zero-order valence-electron chi connectivity index (χ0n) is 13.4. The van der Waals surface area contributed by atoms with Crippen molar-refractivity contribution in [1.82, 2.24) is 14.8 Å². The Kier molecular flexibility index (Phi) is 5.48. The number of hydrogen-bond donors (Lipinski definition) is 1. The summed E-state index contributed by atoms with van der Waals surface area (Å²) in [5, 5.41) is 16.3. The van der Waals surface area contributed by atoms with Gasteiger partial charge in [-0.3, -0.25) is 14.8 Å². The van der Waals surface area contributed by atoms with Gasteiger partial charge in [0.15, 0.2) is 11.2 Å². The second kappa shape index (κ2) is 7.96. The van der Waals surface area contributed by atoms with Crippen molar-refractivity contribution in [1.29, 1.82) is 5.26 Å². The first-order valence-electron chi connectivity index (χ1n) is 7.51. The summed E-state index contributed by atoms with van der Waals surface area (Å²) in [6.45, 7) is 1.87. The average molecular weight is 369 g/mol. The predicted octanol–water partition coefficient (Wildman–Crippen LogP) is 3.49. The van der Waals surface area contributed by atoms with Crippen molar-refractivity contribution in [3.63, 3.8) is 0 Å². The molecule has 3 aromatic rings. The number of aromatic nitrogens is 3. The molecule has 3 rings (SSSR count). The molecular formula is C17H15N5OS2. The topological polar surface area (TPSA) is 83.6 Å². The molecule has 0 bridgehead atoms. The Morgan fingerprint density at radius 1 is 1.40 bits per heavy atom. The van der Waals surface area contributed by atoms with Gasteiger partial charge in [-0.05, 0) is 18.6 Å². The Morgan fingerprint density at radius 2 is 2.20 bits per heavy atom. The molecule has 2 aromatic heterocycles. The molecule has 1 atom stereocenters. The van der Waals surface area contributed by atoms with E-state index in [1.54, 1.807) is 23.1 Å². The highest BCUT2D eigenvalue weighted by Crippen LogP contribution is 2.32. The number of benzene rings is 1. The number of hydrogen-bond acceptors (Lipinski definition) is 6. The quantitative estimate of drug-likeness (QED) is 0.673. The highest BCUT2D eigenvalue weighted by atomic mass is 32.2. The second-order valence-electron chi connectivity index (χ2n) is 5.13. The van der Waals surface area contributed by atoms with Crippen molar-refractivity contribution in [2.75, 3.05) is 11.1 Å². The Morgan fingerprint density at radius 3 is 2.88 bits per heavy atom. The van der Waals surface area contributed by atoms with Crippen LogP contribution < -0.4 is 5.32 Å². The summed E-state index contributed by atoms with van der Waals surface area (Å²) in [7, 11) is 0. The van der Waals surface area contributed by atoms with Crippen LogP contribution >= 0.6 is 23.1 Å². The fourth-order valence-electron chi connectivity index (χ4n) is 2.33. The van der Waals surface area contributed by atoms with Crippen molar-refractivity contribution in [2.24, 2.45) is 0 Å². The maximum atomic E-state index is 12.9. The third-order valence-corrected chi connectivity index (χ3v) is 5.71. The van der Waals surface area contributed by atoms with Gasteiger partial charge in [-0.25, -0.2) is 4.98 Å². The van der Waals surface area contributed by atoms with Gasteiger partial charge in [0.05, 0.1) is 21.7 Å². The molecule has 0 aliphatic heterocycles. The van der Waals surface area contributed by atoms with E-state index in [0.29, 0.717) is 10.9 Å². The van der Waals surface area contributed by atoms with Gasteiger partial charge in [0.1, 0.15) is 0 Å². The summed E-state index contributed by atoms with van der Waals surface area (Å²) < 4.78 is 2.56. The van der Waals surface area contributed by atoms with Crippen LogP contribution in [0.4, 0.5) is 5.13 Å². The van der Waals surface area contributed by atoms with Gasteiger partial charge in [0, 0.05) is 12.4 Å². The van der Waals surface area contributed by atoms with Crippen LogP contribution in [0.25, 0.3) is 0 Å². The molecule has 126 valence electrons. The standard InChI is InChI=1S/C17H15N5OS2/c1-12-16(24-11-8-18)25-17(20-12)21-15(23)14(22-10-5-9-19-22)13-6-3-2-4-7-13/h2-7,9-10,14H,11H2,1H3,(H,20,21,23)/t14-/m0/s1. The zero-order chi connectivity index (χ0) is 17.6. The summed E-state index contributed by atoms with van der Waals surface area (Å²) in [6, 6.07) is 12.8. The molecule has 6 nitrogen and oxygen atoms in total. The van der Waals surface area contributed by atoms with Crippen LogP contribution in [-0.4, -0.2) is 26.4 Å². The van der Waals surface area contributed by atoms with E-state index < -0.39 is 6.04 Å². The van der Waals surface area contributed by atoms with Crippen LogP contribution in [0.3, 0.4) is 0 Å². The number of amides is 1. The van der Waals surface area contributed by atoms with E-state index in [4.69, 9.17) is 5.26 Å². The van der Waals surface area contributed by atoms with Crippen LogP contribution in [0.2, 0.25) is 0 Å². The molecule has 0 fully saturated rings. The lowest BCUT2D eigenvalue weighted by Crippen LogP contribution is -2.27. The van der Waals surface area contributed by atoms with Crippen LogP contribution in [0.1, 0.15) is 17.3 Å². The second-order valence-corrected chi connectivity index (χ2v) is 7.37. The number of rotatable bonds is 6. The lowest BCUT2D eigenvalue weighted by molar-refractivity contribution is -0.118. The monoisotopic (exact) mass is 369 g/mol. The lowest BCUT2D eigenvalue weighted by Gasteiger charge is -2.16. The van der Waals surface area contributed by atoms with Crippen molar-refractivity contribution in [3.05, 3.63) is 60.0 Å². The minimum Gasteiger partial charge on any atom is -0.300 e. The molecule has 1 amide bonds. The SMILES string of the molecule is Cc1nc(NC(=O)[C@H](c2ccccc2)n2cccn2)sc1SCC#N. The summed E-state index contributed by atoms with van der Waals surface area (Å²) in [6.07, 6.45) is 3.41. The Hall–Kier alpha value is -2.63. The molecule has 0 aliphatic carbocycles. The molecule has 8 heteroatoms. The summed E-state index contributed by atoms with van der Waals surface area (Å²) in [5.74, 6) is 0.150. The van der Waals surface area contributed by atoms with Crippen molar-refractivity contribution in [2.45, 2.75) is 17.2 Å². The van der Waals surface area contributed by atoms with Crippen molar-refractivity contribution < 1.29 is 4.79 Å². The molecular weight excluding hydrogens is 354 g/mol. The number of carbonyl (C=O) groups excluding carboxylic acids is 1. The summed E-state index contributed by atoms with van der Waals surface area (Å²) in [4.78, 5) is 17.3. The molecule has 25 heavy (non-hydrogen) atoms. The number of thiazole rings is 1. The minimum absolute atomic E-state index is 0.208. The van der Waals surface area contributed by atoms with Crippen LogP contribution in [-0.2, 0) is 4.79 Å². The summed E-state index contributed by atoms with van der Waals surface area (Å²) in [5.41, 5.74) is 1.66. The molecule has 1 N–H and O–H groups in total. The maximum absolute atomic E-state index is 12.9.